The van der Waals surface area contributed by atoms with Crippen molar-refractivity contribution in [3.8, 4) is 5.75 Å². The van der Waals surface area contributed by atoms with Gasteiger partial charge in [-0.25, -0.2) is 5.43 Å². The Kier molecular flexibility index (Phi) is 5.26. The lowest BCUT2D eigenvalue weighted by molar-refractivity contribution is -0.127. The Hall–Kier alpha value is -2.92. The van der Waals surface area contributed by atoms with Crippen LogP contribution in [0.15, 0.2) is 65.9 Å². The predicted octanol–water partition coefficient (Wildman–Crippen LogP) is 3.81. The van der Waals surface area contributed by atoms with Crippen molar-refractivity contribution in [2.24, 2.45) is 5.10 Å². The van der Waals surface area contributed by atoms with E-state index in [-0.39, 0.29) is 5.91 Å². The number of pyridine rings is 1. The molecular formula is C19H16ClN3O2. The van der Waals surface area contributed by atoms with Crippen molar-refractivity contribution in [1.29, 1.82) is 0 Å². The van der Waals surface area contributed by atoms with Gasteiger partial charge >= 0.3 is 0 Å². The van der Waals surface area contributed by atoms with Crippen LogP contribution in [0.3, 0.4) is 0 Å². The number of ether oxygens (including phenoxy) is 1. The van der Waals surface area contributed by atoms with E-state index in [1.54, 1.807) is 31.3 Å². The number of nitrogens with zero attached hydrogens (tertiary/aromatic N) is 2. The minimum absolute atomic E-state index is 0.365. The lowest BCUT2D eigenvalue weighted by Crippen LogP contribution is -2.33. The molecular weight excluding hydrogens is 338 g/mol. The number of para-hydroxylation sites is 1. The summed E-state index contributed by atoms with van der Waals surface area (Å²) >= 11 is 6.03. The average molecular weight is 354 g/mol. The molecule has 25 heavy (non-hydrogen) atoms. The summed E-state index contributed by atoms with van der Waals surface area (Å²) in [6.45, 7) is 1.65. The van der Waals surface area contributed by atoms with Crippen molar-refractivity contribution in [3.63, 3.8) is 0 Å². The summed E-state index contributed by atoms with van der Waals surface area (Å²) in [7, 11) is 0. The molecule has 2 aromatic carbocycles. The van der Waals surface area contributed by atoms with Crippen LogP contribution in [0.5, 0.6) is 5.75 Å². The van der Waals surface area contributed by atoms with E-state index in [9.17, 15) is 4.79 Å². The van der Waals surface area contributed by atoms with Gasteiger partial charge in [0.25, 0.3) is 5.91 Å². The van der Waals surface area contributed by atoms with Crippen LogP contribution in [0.1, 0.15) is 12.5 Å². The molecule has 1 amide bonds. The maximum Gasteiger partial charge on any atom is 0.280 e. The molecule has 126 valence electrons. The fourth-order valence-corrected chi connectivity index (χ4v) is 2.44. The van der Waals surface area contributed by atoms with Crippen LogP contribution in [0.25, 0.3) is 10.9 Å². The molecule has 0 bridgehead atoms. The molecule has 0 aliphatic heterocycles. The Morgan fingerprint density at radius 1 is 1.20 bits per heavy atom. The first-order valence-electron chi connectivity index (χ1n) is 7.73. The molecule has 6 heteroatoms. The van der Waals surface area contributed by atoms with E-state index in [1.807, 2.05) is 36.4 Å². The smallest absolute Gasteiger partial charge is 0.280 e. The monoisotopic (exact) mass is 353 g/mol. The second kappa shape index (κ2) is 7.77. The van der Waals surface area contributed by atoms with Gasteiger partial charge in [-0.1, -0.05) is 48.0 Å². The highest BCUT2D eigenvalue weighted by Crippen LogP contribution is 2.23. The summed E-state index contributed by atoms with van der Waals surface area (Å²) in [5, 5.41) is 5.43. The lowest BCUT2D eigenvalue weighted by atomic mass is 10.2. The van der Waals surface area contributed by atoms with E-state index < -0.39 is 6.10 Å². The number of hydrogen-bond donors (Lipinski definition) is 1. The highest BCUT2D eigenvalue weighted by atomic mass is 35.5. The molecule has 0 aliphatic carbocycles. The minimum Gasteiger partial charge on any atom is -0.479 e. The first-order chi connectivity index (χ1) is 12.1. The van der Waals surface area contributed by atoms with Crippen molar-refractivity contribution in [3.05, 3.63) is 71.4 Å². The summed E-state index contributed by atoms with van der Waals surface area (Å²) in [5.74, 6) is 0.187. The molecule has 3 rings (SSSR count). The molecule has 1 aromatic heterocycles. The van der Waals surface area contributed by atoms with Crippen molar-refractivity contribution in [1.82, 2.24) is 10.4 Å². The molecule has 1 atom stereocenters. The topological polar surface area (TPSA) is 63.6 Å². The number of benzene rings is 2. The first kappa shape index (κ1) is 16.9. The van der Waals surface area contributed by atoms with E-state index in [0.29, 0.717) is 16.3 Å². The maximum absolute atomic E-state index is 12.2. The third kappa shape index (κ3) is 4.14. The van der Waals surface area contributed by atoms with Gasteiger partial charge in [-0.2, -0.15) is 5.10 Å². The largest absolute Gasteiger partial charge is 0.479 e. The molecule has 0 fully saturated rings. The Morgan fingerprint density at radius 3 is 2.84 bits per heavy atom. The second-order valence-corrected chi connectivity index (χ2v) is 5.75. The van der Waals surface area contributed by atoms with Gasteiger partial charge in [0.2, 0.25) is 0 Å². The molecule has 0 aliphatic rings. The summed E-state index contributed by atoms with van der Waals surface area (Å²) in [6, 6.07) is 16.6. The molecule has 1 heterocycles. The fourth-order valence-electron chi connectivity index (χ4n) is 2.25. The number of hydrazone groups is 1. The van der Waals surface area contributed by atoms with E-state index in [4.69, 9.17) is 16.3 Å². The van der Waals surface area contributed by atoms with Crippen molar-refractivity contribution >= 4 is 34.6 Å². The van der Waals surface area contributed by atoms with Gasteiger partial charge in [-0.05, 0) is 25.1 Å². The number of carbonyl (C=O) groups is 1. The Morgan fingerprint density at radius 2 is 2.00 bits per heavy atom. The number of rotatable bonds is 5. The van der Waals surface area contributed by atoms with E-state index in [0.717, 1.165) is 10.9 Å². The van der Waals surface area contributed by atoms with Gasteiger partial charge in [-0.3, -0.25) is 9.78 Å². The van der Waals surface area contributed by atoms with Crippen molar-refractivity contribution < 1.29 is 9.53 Å². The summed E-state index contributed by atoms with van der Waals surface area (Å²) in [5.41, 5.74) is 3.88. The molecule has 5 nitrogen and oxygen atoms in total. The number of aromatic nitrogens is 1. The van der Waals surface area contributed by atoms with Crippen LogP contribution in [-0.2, 0) is 4.79 Å². The third-order valence-corrected chi connectivity index (χ3v) is 3.90. The summed E-state index contributed by atoms with van der Waals surface area (Å²) in [4.78, 5) is 16.5. The Balaban J connectivity index is 1.65. The highest BCUT2D eigenvalue weighted by molar-refractivity contribution is 6.33. The Labute approximate surface area is 150 Å². The average Bonchev–Trinajstić information content (AvgIpc) is 2.63. The SMILES string of the molecule is C[C@H](Oc1cccc2cccnc12)C(=O)N/N=C\c1ccccc1Cl. The highest BCUT2D eigenvalue weighted by Gasteiger charge is 2.15. The molecule has 0 radical (unpaired) electrons. The number of hydrogen-bond acceptors (Lipinski definition) is 4. The molecule has 1 N–H and O–H groups in total. The van der Waals surface area contributed by atoms with Gasteiger partial charge in [-0.15, -0.1) is 0 Å². The number of amides is 1. The van der Waals surface area contributed by atoms with Gasteiger partial charge in [0.1, 0.15) is 11.3 Å². The van der Waals surface area contributed by atoms with E-state index in [2.05, 4.69) is 15.5 Å². The van der Waals surface area contributed by atoms with Gasteiger partial charge < -0.3 is 4.74 Å². The fraction of sp³-hybridized carbons (Fsp3) is 0.105. The zero-order valence-electron chi connectivity index (χ0n) is 13.5. The number of carbonyl (C=O) groups excluding carboxylic acids is 1. The van der Waals surface area contributed by atoms with Crippen LogP contribution in [0.2, 0.25) is 5.02 Å². The number of nitrogens with one attached hydrogen (secondary N) is 1. The van der Waals surface area contributed by atoms with Crippen LogP contribution in [0.4, 0.5) is 0 Å². The molecule has 0 unspecified atom stereocenters. The normalized spacial score (nSPS) is 12.2. The standard InChI is InChI=1S/C19H16ClN3O2/c1-13(19(24)23-22-12-15-6-2-3-9-16(15)20)25-17-10-4-7-14-8-5-11-21-18(14)17/h2-13H,1H3,(H,23,24)/b22-12-/t13-/m0/s1. The minimum atomic E-state index is -0.726. The van der Waals surface area contributed by atoms with E-state index in [1.165, 1.54) is 6.21 Å². The van der Waals surface area contributed by atoms with Gasteiger partial charge in [0.05, 0.1) is 6.21 Å². The van der Waals surface area contributed by atoms with Crippen LogP contribution < -0.4 is 10.2 Å². The second-order valence-electron chi connectivity index (χ2n) is 5.35. The van der Waals surface area contributed by atoms with E-state index >= 15 is 0 Å². The first-order valence-corrected chi connectivity index (χ1v) is 8.11. The quantitative estimate of drug-likeness (QED) is 0.560. The maximum atomic E-state index is 12.2. The van der Waals surface area contributed by atoms with Crippen molar-refractivity contribution in [2.45, 2.75) is 13.0 Å². The summed E-state index contributed by atoms with van der Waals surface area (Å²) < 4.78 is 5.74. The lowest BCUT2D eigenvalue weighted by Gasteiger charge is -2.14. The predicted molar refractivity (Wildman–Crippen MR) is 99.0 cm³/mol. The molecule has 0 saturated heterocycles. The zero-order valence-corrected chi connectivity index (χ0v) is 14.3. The molecule has 3 aromatic rings. The van der Waals surface area contributed by atoms with Crippen LogP contribution >= 0.6 is 11.6 Å². The summed E-state index contributed by atoms with van der Waals surface area (Å²) in [6.07, 6.45) is 2.45. The van der Waals surface area contributed by atoms with Gasteiger partial charge in [0.15, 0.2) is 6.10 Å². The van der Waals surface area contributed by atoms with Crippen LogP contribution in [-0.4, -0.2) is 23.2 Å². The van der Waals surface area contributed by atoms with Gasteiger partial charge in [0, 0.05) is 22.2 Å². The number of fused-ring (bicyclic) bond motifs is 1. The zero-order chi connectivity index (χ0) is 17.6. The third-order valence-electron chi connectivity index (χ3n) is 3.55. The van der Waals surface area contributed by atoms with Crippen LogP contribution in [0, 0.1) is 0 Å². The molecule has 0 saturated carbocycles. The number of halogens is 1. The van der Waals surface area contributed by atoms with Crippen molar-refractivity contribution in [2.75, 3.05) is 0 Å². The Bertz CT molecular complexity index is 922. The molecule has 0 spiro atoms.